The molecule has 0 aliphatic carbocycles. The van der Waals surface area contributed by atoms with E-state index in [1.165, 1.54) is 6.07 Å². The first-order valence-electron chi connectivity index (χ1n) is 6.58. The predicted molar refractivity (Wildman–Crippen MR) is 72.9 cm³/mol. The molecule has 0 bridgehead atoms. The van der Waals surface area contributed by atoms with Gasteiger partial charge in [-0.3, -0.25) is 9.69 Å². The van der Waals surface area contributed by atoms with E-state index in [1.807, 2.05) is 0 Å². The first-order valence-corrected chi connectivity index (χ1v) is 6.58. The van der Waals surface area contributed by atoms with Gasteiger partial charge < -0.3 is 11.1 Å². The maximum Gasteiger partial charge on any atom is 0.224 e. The minimum absolute atomic E-state index is 0.00764. The Kier molecular flexibility index (Phi) is 4.37. The number of amides is 1. The molecule has 4 nitrogen and oxygen atoms in total. The molecule has 0 saturated carbocycles. The SMILES string of the molecule is CNC(=O)C1CCCN(Cc2c(N)cccc2F)C1. The van der Waals surface area contributed by atoms with Gasteiger partial charge in [-0.05, 0) is 31.5 Å². The molecular formula is C14H20FN3O. The number of piperidine rings is 1. The van der Waals surface area contributed by atoms with Crippen molar-refractivity contribution >= 4 is 11.6 Å². The lowest BCUT2D eigenvalue weighted by Gasteiger charge is -2.32. The number of likely N-dealkylation sites (tertiary alicyclic amines) is 1. The van der Waals surface area contributed by atoms with Gasteiger partial charge in [0.15, 0.2) is 0 Å². The molecule has 5 heteroatoms. The van der Waals surface area contributed by atoms with Crippen molar-refractivity contribution in [2.45, 2.75) is 19.4 Å². The van der Waals surface area contributed by atoms with Crippen LogP contribution in [-0.4, -0.2) is 30.9 Å². The van der Waals surface area contributed by atoms with Crippen LogP contribution in [0.1, 0.15) is 18.4 Å². The maximum absolute atomic E-state index is 13.7. The summed E-state index contributed by atoms with van der Waals surface area (Å²) in [6.45, 7) is 2.00. The summed E-state index contributed by atoms with van der Waals surface area (Å²) < 4.78 is 13.7. The van der Waals surface area contributed by atoms with Gasteiger partial charge in [0.05, 0.1) is 5.92 Å². The van der Waals surface area contributed by atoms with E-state index in [4.69, 9.17) is 5.73 Å². The number of nitrogen functional groups attached to an aromatic ring is 1. The summed E-state index contributed by atoms with van der Waals surface area (Å²) in [6, 6.07) is 4.74. The number of nitrogens with zero attached hydrogens (tertiary/aromatic N) is 1. The van der Waals surface area contributed by atoms with Crippen LogP contribution in [0, 0.1) is 11.7 Å². The lowest BCUT2D eigenvalue weighted by atomic mass is 9.96. The monoisotopic (exact) mass is 265 g/mol. The van der Waals surface area contributed by atoms with E-state index in [9.17, 15) is 9.18 Å². The molecule has 1 amide bonds. The van der Waals surface area contributed by atoms with Crippen LogP contribution in [0.2, 0.25) is 0 Å². The maximum atomic E-state index is 13.7. The molecule has 1 atom stereocenters. The lowest BCUT2D eigenvalue weighted by molar-refractivity contribution is -0.126. The molecule has 1 aliphatic rings. The number of hydrogen-bond acceptors (Lipinski definition) is 3. The fourth-order valence-electron chi connectivity index (χ4n) is 2.58. The standard InChI is InChI=1S/C14H20FN3O/c1-17-14(19)10-4-3-7-18(8-10)9-11-12(15)5-2-6-13(11)16/h2,5-6,10H,3-4,7-9,16H2,1H3,(H,17,19). The zero-order valence-corrected chi connectivity index (χ0v) is 11.2. The first-order chi connectivity index (χ1) is 9.11. The minimum atomic E-state index is -0.276. The Hall–Kier alpha value is -1.62. The Morgan fingerprint density at radius 1 is 1.58 bits per heavy atom. The number of hydrogen-bond donors (Lipinski definition) is 2. The molecule has 0 spiro atoms. The van der Waals surface area contributed by atoms with E-state index >= 15 is 0 Å². The van der Waals surface area contributed by atoms with Crippen LogP contribution in [0.15, 0.2) is 18.2 Å². The first kappa shape index (κ1) is 13.8. The zero-order chi connectivity index (χ0) is 13.8. The smallest absolute Gasteiger partial charge is 0.224 e. The number of carbonyl (C=O) groups is 1. The van der Waals surface area contributed by atoms with Gasteiger partial charge in [0.25, 0.3) is 0 Å². The average Bonchev–Trinajstić information content (AvgIpc) is 2.42. The quantitative estimate of drug-likeness (QED) is 0.811. The van der Waals surface area contributed by atoms with Crippen molar-refractivity contribution in [2.24, 2.45) is 5.92 Å². The van der Waals surface area contributed by atoms with E-state index < -0.39 is 0 Å². The number of benzene rings is 1. The lowest BCUT2D eigenvalue weighted by Crippen LogP contribution is -2.41. The van der Waals surface area contributed by atoms with Gasteiger partial charge in [0.1, 0.15) is 5.82 Å². The Balaban J connectivity index is 2.05. The molecule has 1 unspecified atom stereocenters. The number of halogens is 1. The molecule has 0 aromatic heterocycles. The minimum Gasteiger partial charge on any atom is -0.398 e. The largest absolute Gasteiger partial charge is 0.398 e. The second-order valence-corrected chi connectivity index (χ2v) is 5.00. The molecule has 2 rings (SSSR count). The van der Waals surface area contributed by atoms with E-state index in [0.29, 0.717) is 24.3 Å². The van der Waals surface area contributed by atoms with Gasteiger partial charge in [0, 0.05) is 31.4 Å². The molecule has 1 heterocycles. The molecule has 1 fully saturated rings. The summed E-state index contributed by atoms with van der Waals surface area (Å²) in [6.07, 6.45) is 1.84. The Bertz CT molecular complexity index is 444. The van der Waals surface area contributed by atoms with Crippen molar-refractivity contribution in [2.75, 3.05) is 25.9 Å². The van der Waals surface area contributed by atoms with E-state index in [2.05, 4.69) is 10.2 Å². The van der Waals surface area contributed by atoms with Crippen molar-refractivity contribution < 1.29 is 9.18 Å². The van der Waals surface area contributed by atoms with Gasteiger partial charge in [0.2, 0.25) is 5.91 Å². The van der Waals surface area contributed by atoms with Crippen molar-refractivity contribution in [3.63, 3.8) is 0 Å². The summed E-state index contributed by atoms with van der Waals surface area (Å²) in [7, 11) is 1.65. The van der Waals surface area contributed by atoms with Crippen LogP contribution in [-0.2, 0) is 11.3 Å². The summed E-state index contributed by atoms with van der Waals surface area (Å²) in [5.41, 5.74) is 6.82. The third-order valence-corrected chi connectivity index (χ3v) is 3.66. The molecule has 1 aromatic rings. The molecule has 104 valence electrons. The third-order valence-electron chi connectivity index (χ3n) is 3.66. The Morgan fingerprint density at radius 2 is 2.37 bits per heavy atom. The van der Waals surface area contributed by atoms with Crippen LogP contribution in [0.5, 0.6) is 0 Å². The molecule has 3 N–H and O–H groups in total. The van der Waals surface area contributed by atoms with Crippen molar-refractivity contribution in [1.82, 2.24) is 10.2 Å². The van der Waals surface area contributed by atoms with Crippen LogP contribution in [0.25, 0.3) is 0 Å². The molecule has 1 aliphatic heterocycles. The van der Waals surface area contributed by atoms with E-state index in [-0.39, 0.29) is 17.6 Å². The summed E-state index contributed by atoms with van der Waals surface area (Å²) in [4.78, 5) is 13.8. The number of anilines is 1. The van der Waals surface area contributed by atoms with Crippen molar-refractivity contribution in [3.05, 3.63) is 29.6 Å². The van der Waals surface area contributed by atoms with E-state index in [1.54, 1.807) is 19.2 Å². The fraction of sp³-hybridized carbons (Fsp3) is 0.500. The second kappa shape index (κ2) is 6.02. The van der Waals surface area contributed by atoms with Gasteiger partial charge in [-0.2, -0.15) is 0 Å². The zero-order valence-electron chi connectivity index (χ0n) is 11.2. The summed E-state index contributed by atoms with van der Waals surface area (Å²) >= 11 is 0. The second-order valence-electron chi connectivity index (χ2n) is 5.00. The predicted octanol–water partition coefficient (Wildman–Crippen LogP) is 1.37. The Labute approximate surface area is 112 Å². The number of nitrogens with two attached hydrogens (primary N) is 1. The third kappa shape index (κ3) is 3.23. The molecule has 0 radical (unpaired) electrons. The number of nitrogens with one attached hydrogen (secondary N) is 1. The highest BCUT2D eigenvalue weighted by atomic mass is 19.1. The highest BCUT2D eigenvalue weighted by molar-refractivity contribution is 5.78. The van der Waals surface area contributed by atoms with Crippen LogP contribution < -0.4 is 11.1 Å². The van der Waals surface area contributed by atoms with Crippen molar-refractivity contribution in [3.8, 4) is 0 Å². The fourth-order valence-corrected chi connectivity index (χ4v) is 2.58. The van der Waals surface area contributed by atoms with Gasteiger partial charge in [-0.15, -0.1) is 0 Å². The normalized spacial score (nSPS) is 20.2. The topological polar surface area (TPSA) is 58.4 Å². The molecule has 1 aromatic carbocycles. The number of rotatable bonds is 3. The van der Waals surface area contributed by atoms with Gasteiger partial charge in [-0.1, -0.05) is 6.07 Å². The summed E-state index contributed by atoms with van der Waals surface area (Å²) in [5, 5.41) is 2.68. The summed E-state index contributed by atoms with van der Waals surface area (Å²) in [5.74, 6) is -0.222. The van der Waals surface area contributed by atoms with Gasteiger partial charge >= 0.3 is 0 Å². The molecule has 1 saturated heterocycles. The highest BCUT2D eigenvalue weighted by Gasteiger charge is 2.25. The molecular weight excluding hydrogens is 245 g/mol. The number of carbonyl (C=O) groups excluding carboxylic acids is 1. The highest BCUT2D eigenvalue weighted by Crippen LogP contribution is 2.22. The van der Waals surface area contributed by atoms with Crippen molar-refractivity contribution in [1.29, 1.82) is 0 Å². The van der Waals surface area contributed by atoms with E-state index in [0.717, 1.165) is 19.4 Å². The van der Waals surface area contributed by atoms with Crippen LogP contribution in [0.3, 0.4) is 0 Å². The van der Waals surface area contributed by atoms with Gasteiger partial charge in [-0.25, -0.2) is 4.39 Å². The Morgan fingerprint density at radius 3 is 3.05 bits per heavy atom. The average molecular weight is 265 g/mol. The van der Waals surface area contributed by atoms with Crippen LogP contribution >= 0.6 is 0 Å². The van der Waals surface area contributed by atoms with Crippen LogP contribution in [0.4, 0.5) is 10.1 Å². The molecule has 19 heavy (non-hydrogen) atoms.